The van der Waals surface area contributed by atoms with E-state index in [1.54, 1.807) is 12.1 Å². The third-order valence-electron chi connectivity index (χ3n) is 3.16. The van der Waals surface area contributed by atoms with E-state index in [-0.39, 0.29) is 0 Å². The number of amides is 1. The number of carboxylic acids is 1. The summed E-state index contributed by atoms with van der Waals surface area (Å²) in [6, 6.07) is 6.18. The van der Waals surface area contributed by atoms with E-state index in [0.29, 0.717) is 24.1 Å². The second-order valence-electron chi connectivity index (χ2n) is 4.59. The fourth-order valence-corrected chi connectivity index (χ4v) is 2.04. The Bertz CT molecular complexity index is 553. The minimum Gasteiger partial charge on any atom is -0.479 e. The van der Waals surface area contributed by atoms with Crippen LogP contribution < -0.4 is 5.32 Å². The molecule has 0 bridgehead atoms. The summed E-state index contributed by atoms with van der Waals surface area (Å²) < 4.78 is 9.72. The van der Waals surface area contributed by atoms with E-state index in [1.807, 2.05) is 0 Å². The second kappa shape index (κ2) is 6.36. The molecular formula is C14H15NO6. The zero-order valence-corrected chi connectivity index (χ0v) is 11.4. The highest BCUT2D eigenvalue weighted by molar-refractivity contribution is 5.95. The zero-order chi connectivity index (χ0) is 15.4. The van der Waals surface area contributed by atoms with Gasteiger partial charge in [-0.15, -0.1) is 0 Å². The fourth-order valence-electron chi connectivity index (χ4n) is 2.04. The Morgan fingerprint density at radius 2 is 1.81 bits per heavy atom. The van der Waals surface area contributed by atoms with Crippen molar-refractivity contribution in [3.8, 4) is 0 Å². The van der Waals surface area contributed by atoms with Crippen LogP contribution in [0.5, 0.6) is 0 Å². The smallest absolute Gasteiger partial charge is 0.337 e. The van der Waals surface area contributed by atoms with Gasteiger partial charge in [-0.1, -0.05) is 0 Å². The van der Waals surface area contributed by atoms with Crippen LogP contribution in [0.3, 0.4) is 0 Å². The van der Waals surface area contributed by atoms with Crippen LogP contribution in [0.15, 0.2) is 24.3 Å². The Morgan fingerprint density at radius 1 is 1.19 bits per heavy atom. The van der Waals surface area contributed by atoms with Crippen LogP contribution in [0, 0.1) is 0 Å². The number of rotatable bonds is 4. The molecule has 7 heteroatoms. The lowest BCUT2D eigenvalue weighted by atomic mass is 10.1. The van der Waals surface area contributed by atoms with Crippen LogP contribution in [0.1, 0.15) is 23.2 Å². The molecule has 1 saturated heterocycles. The minimum absolute atomic E-state index is 0.314. The van der Waals surface area contributed by atoms with Gasteiger partial charge in [0.1, 0.15) is 6.10 Å². The maximum absolute atomic E-state index is 11.9. The van der Waals surface area contributed by atoms with E-state index >= 15 is 0 Å². The molecule has 1 heterocycles. The molecule has 0 aliphatic carbocycles. The maximum Gasteiger partial charge on any atom is 0.337 e. The first-order valence-electron chi connectivity index (χ1n) is 6.38. The highest BCUT2D eigenvalue weighted by Gasteiger charge is 2.34. The number of carboxylic acid groups (broad SMARTS) is 1. The number of benzene rings is 1. The number of hydrogen-bond acceptors (Lipinski definition) is 5. The summed E-state index contributed by atoms with van der Waals surface area (Å²) in [4.78, 5) is 34.0. The number of carbonyl (C=O) groups is 3. The number of anilines is 1. The van der Waals surface area contributed by atoms with Crippen LogP contribution in [-0.4, -0.2) is 42.3 Å². The van der Waals surface area contributed by atoms with Gasteiger partial charge in [-0.2, -0.15) is 0 Å². The molecule has 1 aliphatic rings. The normalized spacial score (nSPS) is 20.8. The molecule has 21 heavy (non-hydrogen) atoms. The Morgan fingerprint density at radius 3 is 2.33 bits per heavy atom. The largest absolute Gasteiger partial charge is 0.479 e. The number of aliphatic carboxylic acids is 1. The molecule has 1 aromatic carbocycles. The summed E-state index contributed by atoms with van der Waals surface area (Å²) in [6.07, 6.45) is -1.02. The quantitative estimate of drug-likeness (QED) is 0.804. The summed E-state index contributed by atoms with van der Waals surface area (Å²) in [7, 11) is 1.29. The van der Waals surface area contributed by atoms with Crippen molar-refractivity contribution in [3.05, 3.63) is 29.8 Å². The number of ether oxygens (including phenoxy) is 2. The SMILES string of the molecule is COC(=O)c1ccc(NC(=O)C2CCC(C(=O)O)O2)cc1. The monoisotopic (exact) mass is 293 g/mol. The Balaban J connectivity index is 1.94. The van der Waals surface area contributed by atoms with Gasteiger partial charge in [-0.05, 0) is 37.1 Å². The average Bonchev–Trinajstić information content (AvgIpc) is 2.97. The van der Waals surface area contributed by atoms with Gasteiger partial charge in [-0.25, -0.2) is 9.59 Å². The molecule has 112 valence electrons. The lowest BCUT2D eigenvalue weighted by Gasteiger charge is -2.12. The van der Waals surface area contributed by atoms with Crippen molar-refractivity contribution in [3.63, 3.8) is 0 Å². The van der Waals surface area contributed by atoms with Gasteiger partial charge in [0, 0.05) is 5.69 Å². The predicted octanol–water partition coefficient (Wildman–Crippen LogP) is 1.04. The third-order valence-corrected chi connectivity index (χ3v) is 3.16. The van der Waals surface area contributed by atoms with Crippen molar-refractivity contribution in [2.45, 2.75) is 25.0 Å². The first-order valence-corrected chi connectivity index (χ1v) is 6.38. The van der Waals surface area contributed by atoms with Crippen molar-refractivity contribution in [2.75, 3.05) is 12.4 Å². The van der Waals surface area contributed by atoms with Gasteiger partial charge in [0.15, 0.2) is 6.10 Å². The summed E-state index contributed by atoms with van der Waals surface area (Å²) in [5, 5.41) is 11.4. The lowest BCUT2D eigenvalue weighted by Crippen LogP contribution is -2.29. The fraction of sp³-hybridized carbons (Fsp3) is 0.357. The van der Waals surface area contributed by atoms with Gasteiger partial charge in [0.05, 0.1) is 12.7 Å². The van der Waals surface area contributed by atoms with Crippen molar-refractivity contribution >= 4 is 23.5 Å². The molecule has 2 N–H and O–H groups in total. The topological polar surface area (TPSA) is 102 Å². The molecule has 2 unspecified atom stereocenters. The molecule has 1 fully saturated rings. The highest BCUT2D eigenvalue weighted by Crippen LogP contribution is 2.21. The zero-order valence-electron chi connectivity index (χ0n) is 11.4. The number of methoxy groups -OCH3 is 1. The van der Waals surface area contributed by atoms with Gasteiger partial charge in [-0.3, -0.25) is 4.79 Å². The van der Waals surface area contributed by atoms with Gasteiger partial charge >= 0.3 is 11.9 Å². The van der Waals surface area contributed by atoms with Crippen LogP contribution in [0.2, 0.25) is 0 Å². The molecule has 1 aliphatic heterocycles. The summed E-state index contributed by atoms with van der Waals surface area (Å²) in [6.45, 7) is 0. The van der Waals surface area contributed by atoms with E-state index in [9.17, 15) is 14.4 Å². The van der Waals surface area contributed by atoms with E-state index in [0.717, 1.165) is 0 Å². The van der Waals surface area contributed by atoms with E-state index < -0.39 is 30.1 Å². The highest BCUT2D eigenvalue weighted by atomic mass is 16.5. The van der Waals surface area contributed by atoms with Gasteiger partial charge < -0.3 is 19.9 Å². The predicted molar refractivity (Wildman–Crippen MR) is 71.9 cm³/mol. The van der Waals surface area contributed by atoms with Crippen molar-refractivity contribution in [1.82, 2.24) is 0 Å². The van der Waals surface area contributed by atoms with E-state index in [1.165, 1.54) is 19.2 Å². The summed E-state index contributed by atoms with van der Waals surface area (Å²) in [5.74, 6) is -1.92. The van der Waals surface area contributed by atoms with Crippen molar-refractivity contribution < 1.29 is 29.0 Å². The Kier molecular flexibility index (Phi) is 4.54. The molecule has 0 saturated carbocycles. The molecule has 7 nitrogen and oxygen atoms in total. The number of nitrogens with one attached hydrogen (secondary N) is 1. The second-order valence-corrected chi connectivity index (χ2v) is 4.59. The van der Waals surface area contributed by atoms with Crippen molar-refractivity contribution in [2.24, 2.45) is 0 Å². The van der Waals surface area contributed by atoms with Crippen LogP contribution in [0.25, 0.3) is 0 Å². The number of esters is 1. The Hall–Kier alpha value is -2.41. The Labute approximate surface area is 120 Å². The molecular weight excluding hydrogens is 278 g/mol. The number of hydrogen-bond donors (Lipinski definition) is 2. The minimum atomic E-state index is -1.06. The molecule has 0 aromatic heterocycles. The van der Waals surface area contributed by atoms with Crippen molar-refractivity contribution in [1.29, 1.82) is 0 Å². The summed E-state index contributed by atoms with van der Waals surface area (Å²) in [5.41, 5.74) is 0.869. The molecule has 1 aromatic rings. The van der Waals surface area contributed by atoms with Crippen LogP contribution in [0.4, 0.5) is 5.69 Å². The molecule has 2 rings (SSSR count). The van der Waals surface area contributed by atoms with Gasteiger partial charge in [0.25, 0.3) is 5.91 Å². The first kappa shape index (κ1) is 15.0. The van der Waals surface area contributed by atoms with Crippen LogP contribution in [-0.2, 0) is 19.1 Å². The van der Waals surface area contributed by atoms with Crippen LogP contribution >= 0.6 is 0 Å². The summed E-state index contributed by atoms with van der Waals surface area (Å²) >= 11 is 0. The number of carbonyl (C=O) groups excluding carboxylic acids is 2. The molecule has 1 amide bonds. The third kappa shape index (κ3) is 3.57. The first-order chi connectivity index (χ1) is 10.0. The maximum atomic E-state index is 11.9. The molecule has 2 atom stereocenters. The van der Waals surface area contributed by atoms with E-state index in [4.69, 9.17) is 9.84 Å². The lowest BCUT2D eigenvalue weighted by molar-refractivity contribution is -0.150. The molecule has 0 radical (unpaired) electrons. The molecule has 0 spiro atoms. The van der Waals surface area contributed by atoms with Gasteiger partial charge in [0.2, 0.25) is 0 Å². The van der Waals surface area contributed by atoms with E-state index in [2.05, 4.69) is 10.1 Å². The average molecular weight is 293 g/mol. The standard InChI is InChI=1S/C14H15NO6/c1-20-14(19)8-2-4-9(5-3-8)15-12(16)10-6-7-11(21-10)13(17)18/h2-5,10-11H,6-7H2,1H3,(H,15,16)(H,17,18).